The molecule has 0 radical (unpaired) electrons. The summed E-state index contributed by atoms with van der Waals surface area (Å²) in [5.74, 6) is -1.31. The van der Waals surface area contributed by atoms with E-state index in [0.29, 0.717) is 29.6 Å². The van der Waals surface area contributed by atoms with E-state index in [9.17, 15) is 14.4 Å². The van der Waals surface area contributed by atoms with Crippen molar-refractivity contribution in [3.63, 3.8) is 0 Å². The molecule has 1 fully saturated rings. The Morgan fingerprint density at radius 3 is 2.47 bits per heavy atom. The summed E-state index contributed by atoms with van der Waals surface area (Å²) in [6.45, 7) is 3.16. The topological polar surface area (TPSA) is 76.8 Å². The van der Waals surface area contributed by atoms with Gasteiger partial charge in [-0.2, -0.15) is 0 Å². The van der Waals surface area contributed by atoms with E-state index < -0.39 is 12.1 Å². The van der Waals surface area contributed by atoms with E-state index >= 15 is 0 Å². The van der Waals surface area contributed by atoms with Crippen molar-refractivity contribution < 1.29 is 18.7 Å². The van der Waals surface area contributed by atoms with E-state index in [0.717, 1.165) is 30.9 Å². The molecule has 0 unspecified atom stereocenters. The molecule has 1 aromatic heterocycles. The van der Waals surface area contributed by atoms with Crippen molar-refractivity contribution in [3.8, 4) is 0 Å². The Morgan fingerprint density at radius 2 is 1.73 bits per heavy atom. The number of esters is 1. The maximum atomic E-state index is 13.1. The Bertz CT molecular complexity index is 1130. The van der Waals surface area contributed by atoms with Gasteiger partial charge in [0.25, 0.3) is 5.91 Å². The molecule has 2 heterocycles. The van der Waals surface area contributed by atoms with Crippen LogP contribution in [-0.4, -0.2) is 29.9 Å². The molecule has 3 aromatic rings. The van der Waals surface area contributed by atoms with E-state index in [-0.39, 0.29) is 17.1 Å². The number of benzene rings is 2. The number of piperidine rings is 1. The van der Waals surface area contributed by atoms with E-state index in [4.69, 9.17) is 9.15 Å². The third-order valence-electron chi connectivity index (χ3n) is 5.30. The third-order valence-corrected chi connectivity index (χ3v) is 5.30. The van der Waals surface area contributed by atoms with Crippen LogP contribution in [0.1, 0.15) is 47.0 Å². The van der Waals surface area contributed by atoms with Crippen molar-refractivity contribution in [2.45, 2.75) is 32.3 Å². The molecule has 30 heavy (non-hydrogen) atoms. The first-order chi connectivity index (χ1) is 14.5. The molecule has 6 nitrogen and oxygen atoms in total. The molecule has 0 bridgehead atoms. The summed E-state index contributed by atoms with van der Waals surface area (Å²) in [7, 11) is 0. The van der Waals surface area contributed by atoms with Crippen molar-refractivity contribution in [2.24, 2.45) is 0 Å². The first-order valence-corrected chi connectivity index (χ1v) is 10.1. The van der Waals surface area contributed by atoms with Gasteiger partial charge in [0.2, 0.25) is 11.9 Å². The molecule has 1 aliphatic heterocycles. The van der Waals surface area contributed by atoms with Gasteiger partial charge < -0.3 is 14.1 Å². The number of likely N-dealkylation sites (tertiary alicyclic amines) is 1. The average molecular weight is 405 g/mol. The lowest BCUT2D eigenvalue weighted by molar-refractivity contribution is -0.142. The summed E-state index contributed by atoms with van der Waals surface area (Å²) >= 11 is 0. The number of carbonyl (C=O) groups is 2. The number of hydrogen-bond acceptors (Lipinski definition) is 5. The molecular formula is C24H23NO5. The summed E-state index contributed by atoms with van der Waals surface area (Å²) in [4.78, 5) is 40.2. The summed E-state index contributed by atoms with van der Waals surface area (Å²) in [6, 6.07) is 15.2. The van der Waals surface area contributed by atoms with Gasteiger partial charge >= 0.3 is 5.97 Å². The first kappa shape index (κ1) is 19.9. The van der Waals surface area contributed by atoms with E-state index in [1.165, 1.54) is 0 Å². The summed E-state index contributed by atoms with van der Waals surface area (Å²) in [6.07, 6.45) is 1.86. The van der Waals surface area contributed by atoms with Gasteiger partial charge in [0.1, 0.15) is 5.58 Å². The van der Waals surface area contributed by atoms with Crippen molar-refractivity contribution in [1.29, 1.82) is 0 Å². The van der Waals surface area contributed by atoms with Crippen LogP contribution in [0.2, 0.25) is 0 Å². The Hall–Kier alpha value is -3.41. The monoisotopic (exact) mass is 405 g/mol. The minimum absolute atomic E-state index is 0.219. The van der Waals surface area contributed by atoms with Gasteiger partial charge in [-0.3, -0.25) is 9.59 Å². The van der Waals surface area contributed by atoms with Crippen LogP contribution >= 0.6 is 0 Å². The van der Waals surface area contributed by atoms with E-state index in [2.05, 4.69) is 0 Å². The van der Waals surface area contributed by atoms with Gasteiger partial charge in [-0.05, 0) is 38.3 Å². The van der Waals surface area contributed by atoms with Gasteiger partial charge in [0, 0.05) is 24.7 Å². The lowest BCUT2D eigenvalue weighted by atomic mass is 10.1. The maximum Gasteiger partial charge on any atom is 0.375 e. The summed E-state index contributed by atoms with van der Waals surface area (Å²) < 4.78 is 11.2. The zero-order chi connectivity index (χ0) is 21.1. The Balaban J connectivity index is 1.65. The molecule has 1 amide bonds. The number of carbonyl (C=O) groups excluding carboxylic acids is 2. The van der Waals surface area contributed by atoms with Gasteiger partial charge in [-0.1, -0.05) is 42.0 Å². The molecular weight excluding hydrogens is 382 g/mol. The second-order valence-corrected chi connectivity index (χ2v) is 7.56. The van der Waals surface area contributed by atoms with Gasteiger partial charge in [0.15, 0.2) is 5.43 Å². The minimum atomic E-state index is -1.09. The zero-order valence-electron chi connectivity index (χ0n) is 16.8. The SMILES string of the molecule is Cc1ccc2oc(C(=O)O[C@@H](C(=O)N3CCCCC3)c3ccccc3)cc(=O)c2c1. The molecule has 0 N–H and O–H groups in total. The van der Waals surface area contributed by atoms with Crippen LogP contribution in [0, 0.1) is 6.92 Å². The fraction of sp³-hybridized carbons (Fsp3) is 0.292. The van der Waals surface area contributed by atoms with Gasteiger partial charge in [-0.25, -0.2) is 4.79 Å². The predicted octanol–water partition coefficient (Wildman–Crippen LogP) is 4.01. The number of nitrogens with zero attached hydrogens (tertiary/aromatic N) is 1. The number of amides is 1. The number of aryl methyl sites for hydroxylation is 1. The molecule has 4 rings (SSSR count). The molecule has 0 saturated carbocycles. The fourth-order valence-electron chi connectivity index (χ4n) is 3.70. The smallest absolute Gasteiger partial charge is 0.375 e. The van der Waals surface area contributed by atoms with Crippen LogP contribution in [0.25, 0.3) is 11.0 Å². The highest BCUT2D eigenvalue weighted by molar-refractivity contribution is 5.92. The molecule has 2 aromatic carbocycles. The van der Waals surface area contributed by atoms with Crippen LogP contribution < -0.4 is 5.43 Å². The fourth-order valence-corrected chi connectivity index (χ4v) is 3.70. The largest absolute Gasteiger partial charge is 0.449 e. The Kier molecular flexibility index (Phi) is 5.65. The van der Waals surface area contributed by atoms with E-state index in [1.54, 1.807) is 47.4 Å². The van der Waals surface area contributed by atoms with Crippen LogP contribution in [0.4, 0.5) is 0 Å². The average Bonchev–Trinajstić information content (AvgIpc) is 2.78. The minimum Gasteiger partial charge on any atom is -0.449 e. The van der Waals surface area contributed by atoms with Crippen molar-refractivity contribution in [2.75, 3.05) is 13.1 Å². The quantitative estimate of drug-likeness (QED) is 0.613. The maximum absolute atomic E-state index is 13.1. The Labute approximate surface area is 174 Å². The zero-order valence-corrected chi connectivity index (χ0v) is 16.8. The molecule has 1 saturated heterocycles. The first-order valence-electron chi connectivity index (χ1n) is 10.1. The number of ether oxygens (including phenoxy) is 1. The molecule has 154 valence electrons. The molecule has 0 spiro atoms. The highest BCUT2D eigenvalue weighted by Crippen LogP contribution is 2.24. The molecule has 1 aliphatic rings. The standard InChI is InChI=1S/C24H23NO5/c1-16-10-11-20-18(14-16)19(26)15-21(29-20)24(28)30-22(17-8-4-2-5-9-17)23(27)25-12-6-3-7-13-25/h2,4-5,8-11,14-15,22H,3,6-7,12-13H2,1H3/t22-/m1/s1. The number of rotatable bonds is 4. The third kappa shape index (κ3) is 4.13. The molecule has 1 atom stereocenters. The van der Waals surface area contributed by atoms with Crippen LogP contribution in [0.5, 0.6) is 0 Å². The summed E-state index contributed by atoms with van der Waals surface area (Å²) in [5, 5.41) is 0.399. The lowest BCUT2D eigenvalue weighted by Crippen LogP contribution is -2.40. The second kappa shape index (κ2) is 8.53. The lowest BCUT2D eigenvalue weighted by Gasteiger charge is -2.30. The second-order valence-electron chi connectivity index (χ2n) is 7.56. The number of hydrogen-bond donors (Lipinski definition) is 0. The van der Waals surface area contributed by atoms with Crippen molar-refractivity contribution in [1.82, 2.24) is 4.90 Å². The van der Waals surface area contributed by atoms with Gasteiger partial charge in [-0.15, -0.1) is 0 Å². The summed E-state index contributed by atoms with van der Waals surface area (Å²) in [5.41, 5.74) is 1.48. The molecule has 0 aliphatic carbocycles. The van der Waals surface area contributed by atoms with Crippen LogP contribution in [-0.2, 0) is 9.53 Å². The van der Waals surface area contributed by atoms with Crippen LogP contribution in [0.15, 0.2) is 63.8 Å². The Morgan fingerprint density at radius 1 is 1.00 bits per heavy atom. The highest BCUT2D eigenvalue weighted by atomic mass is 16.6. The highest BCUT2D eigenvalue weighted by Gasteiger charge is 2.31. The van der Waals surface area contributed by atoms with Gasteiger partial charge in [0.05, 0.1) is 5.39 Å². The van der Waals surface area contributed by atoms with E-state index in [1.807, 2.05) is 13.0 Å². The van der Waals surface area contributed by atoms with Crippen molar-refractivity contribution in [3.05, 3.63) is 81.7 Å². The molecule has 6 heteroatoms. The number of fused-ring (bicyclic) bond motifs is 1. The van der Waals surface area contributed by atoms with Crippen LogP contribution in [0.3, 0.4) is 0 Å². The normalized spacial score (nSPS) is 15.0. The predicted molar refractivity (Wildman–Crippen MR) is 112 cm³/mol. The van der Waals surface area contributed by atoms with Crippen molar-refractivity contribution >= 4 is 22.8 Å².